The van der Waals surface area contributed by atoms with Crippen LogP contribution in [0.4, 0.5) is 4.79 Å². The smallest absolute Gasteiger partial charge is 0.317 e. The second-order valence-electron chi connectivity index (χ2n) is 5.29. The number of carbonyl (C=O) groups excluding carboxylic acids is 1. The molecular weight excluding hydrogens is 256 g/mol. The highest BCUT2D eigenvalue weighted by molar-refractivity contribution is 5.76. The number of aliphatic carboxylic acids is 1. The topological polar surface area (TPSA) is 69.6 Å². The molecule has 0 aromatic heterocycles. The normalized spacial score (nSPS) is 19.6. The Bertz CT molecular complexity index is 475. The molecule has 5 nitrogen and oxygen atoms in total. The molecule has 1 aromatic carbocycles. The summed E-state index contributed by atoms with van der Waals surface area (Å²) in [4.78, 5) is 24.4. The lowest BCUT2D eigenvalue weighted by Crippen LogP contribution is -2.43. The van der Waals surface area contributed by atoms with E-state index in [0.29, 0.717) is 19.0 Å². The zero-order valence-corrected chi connectivity index (χ0v) is 11.6. The van der Waals surface area contributed by atoms with Crippen molar-refractivity contribution >= 4 is 12.0 Å². The molecule has 108 valence electrons. The highest BCUT2D eigenvalue weighted by Gasteiger charge is 2.27. The van der Waals surface area contributed by atoms with E-state index in [0.717, 1.165) is 6.42 Å². The molecule has 0 bridgehead atoms. The van der Waals surface area contributed by atoms with Crippen LogP contribution in [0.25, 0.3) is 0 Å². The van der Waals surface area contributed by atoms with Crippen molar-refractivity contribution in [2.45, 2.75) is 31.7 Å². The third-order valence-corrected chi connectivity index (χ3v) is 3.60. The fourth-order valence-electron chi connectivity index (χ4n) is 2.56. The maximum Gasteiger partial charge on any atom is 0.317 e. The van der Waals surface area contributed by atoms with Crippen LogP contribution in [0.2, 0.25) is 0 Å². The van der Waals surface area contributed by atoms with Gasteiger partial charge in [0.15, 0.2) is 0 Å². The molecule has 1 aliphatic heterocycles. The summed E-state index contributed by atoms with van der Waals surface area (Å²) in [6, 6.07) is 9.64. The minimum Gasteiger partial charge on any atom is -0.481 e. The molecule has 2 unspecified atom stereocenters. The van der Waals surface area contributed by atoms with Crippen molar-refractivity contribution in [2.24, 2.45) is 0 Å². The zero-order chi connectivity index (χ0) is 14.5. The fourth-order valence-corrected chi connectivity index (χ4v) is 2.56. The van der Waals surface area contributed by atoms with Crippen LogP contribution in [0.15, 0.2) is 30.3 Å². The first kappa shape index (κ1) is 14.4. The molecule has 1 heterocycles. The Balaban J connectivity index is 1.86. The van der Waals surface area contributed by atoms with Gasteiger partial charge in [0.05, 0.1) is 6.42 Å². The molecule has 0 radical (unpaired) electrons. The van der Waals surface area contributed by atoms with Gasteiger partial charge in [-0.1, -0.05) is 30.3 Å². The molecule has 1 aromatic rings. The van der Waals surface area contributed by atoms with Gasteiger partial charge in [-0.05, 0) is 18.9 Å². The highest BCUT2D eigenvalue weighted by atomic mass is 16.4. The van der Waals surface area contributed by atoms with Gasteiger partial charge >= 0.3 is 12.0 Å². The number of carbonyl (C=O) groups is 2. The van der Waals surface area contributed by atoms with Gasteiger partial charge in [0.2, 0.25) is 0 Å². The van der Waals surface area contributed by atoms with Gasteiger partial charge in [0.1, 0.15) is 0 Å². The van der Waals surface area contributed by atoms with Crippen LogP contribution in [0.5, 0.6) is 0 Å². The molecule has 1 fully saturated rings. The van der Waals surface area contributed by atoms with Crippen molar-refractivity contribution in [1.82, 2.24) is 10.2 Å². The molecule has 1 saturated heterocycles. The molecular formula is C15H20N2O3. The van der Waals surface area contributed by atoms with Crippen LogP contribution in [0.1, 0.15) is 31.2 Å². The minimum absolute atomic E-state index is 0.0539. The lowest BCUT2D eigenvalue weighted by molar-refractivity contribution is -0.137. The van der Waals surface area contributed by atoms with Crippen LogP contribution in [-0.4, -0.2) is 41.1 Å². The number of hydrogen-bond donors (Lipinski definition) is 2. The van der Waals surface area contributed by atoms with E-state index >= 15 is 0 Å². The predicted octanol–water partition coefficient (Wildman–Crippen LogP) is 2.05. The Hall–Kier alpha value is -2.04. The van der Waals surface area contributed by atoms with Gasteiger partial charge in [0, 0.05) is 25.0 Å². The van der Waals surface area contributed by atoms with E-state index in [-0.39, 0.29) is 18.5 Å². The maximum atomic E-state index is 12.0. The minimum atomic E-state index is -0.901. The Morgan fingerprint density at radius 2 is 2.10 bits per heavy atom. The lowest BCUT2D eigenvalue weighted by Gasteiger charge is -2.20. The predicted molar refractivity (Wildman–Crippen MR) is 75.6 cm³/mol. The third-order valence-electron chi connectivity index (χ3n) is 3.60. The van der Waals surface area contributed by atoms with Crippen LogP contribution in [0, 0.1) is 0 Å². The van der Waals surface area contributed by atoms with Gasteiger partial charge < -0.3 is 15.3 Å². The summed E-state index contributed by atoms with van der Waals surface area (Å²) in [5.74, 6) is -0.530. The van der Waals surface area contributed by atoms with Crippen molar-refractivity contribution in [3.63, 3.8) is 0 Å². The first-order chi connectivity index (χ1) is 9.56. The molecule has 0 spiro atoms. The largest absolute Gasteiger partial charge is 0.481 e. The number of amides is 2. The Morgan fingerprint density at radius 3 is 2.75 bits per heavy atom. The summed E-state index contributed by atoms with van der Waals surface area (Å²) in [6.45, 7) is 3.11. The standard InChI is InChI=1S/C15H20N2O3/c1-11(9-14(18)19)16-15(20)17-8-7-13(10-17)12-5-3-2-4-6-12/h2-6,11,13H,7-10H2,1H3,(H,16,20)(H,18,19). The Labute approximate surface area is 118 Å². The Morgan fingerprint density at radius 1 is 1.40 bits per heavy atom. The summed E-state index contributed by atoms with van der Waals surface area (Å²) < 4.78 is 0. The number of likely N-dealkylation sites (tertiary alicyclic amines) is 1. The van der Waals surface area contributed by atoms with Crippen molar-refractivity contribution < 1.29 is 14.7 Å². The molecule has 2 N–H and O–H groups in total. The van der Waals surface area contributed by atoms with Gasteiger partial charge in [0.25, 0.3) is 0 Å². The Kier molecular flexibility index (Phi) is 4.61. The molecule has 20 heavy (non-hydrogen) atoms. The van der Waals surface area contributed by atoms with Crippen LogP contribution >= 0.6 is 0 Å². The maximum absolute atomic E-state index is 12.0. The number of nitrogens with one attached hydrogen (secondary N) is 1. The number of hydrogen-bond acceptors (Lipinski definition) is 2. The van der Waals surface area contributed by atoms with Gasteiger partial charge in [-0.3, -0.25) is 4.79 Å². The average Bonchev–Trinajstić information content (AvgIpc) is 2.88. The first-order valence-electron chi connectivity index (χ1n) is 6.88. The summed E-state index contributed by atoms with van der Waals surface area (Å²) in [6.07, 6.45) is 0.895. The molecule has 2 rings (SSSR count). The summed E-state index contributed by atoms with van der Waals surface area (Å²) in [5.41, 5.74) is 1.25. The van der Waals surface area contributed by atoms with E-state index in [9.17, 15) is 9.59 Å². The van der Waals surface area contributed by atoms with Gasteiger partial charge in [-0.2, -0.15) is 0 Å². The second kappa shape index (κ2) is 6.41. The van der Waals surface area contributed by atoms with E-state index in [4.69, 9.17) is 5.11 Å². The highest BCUT2D eigenvalue weighted by Crippen LogP contribution is 2.26. The SMILES string of the molecule is CC(CC(=O)O)NC(=O)N1CCC(c2ccccc2)C1. The van der Waals surface area contributed by atoms with Crippen molar-refractivity contribution in [1.29, 1.82) is 0 Å². The van der Waals surface area contributed by atoms with E-state index in [1.165, 1.54) is 5.56 Å². The fraction of sp³-hybridized carbons (Fsp3) is 0.467. The van der Waals surface area contributed by atoms with Crippen molar-refractivity contribution in [2.75, 3.05) is 13.1 Å². The molecule has 2 atom stereocenters. The number of benzene rings is 1. The number of urea groups is 1. The van der Waals surface area contributed by atoms with E-state index in [1.807, 2.05) is 18.2 Å². The summed E-state index contributed by atoms with van der Waals surface area (Å²) >= 11 is 0. The van der Waals surface area contributed by atoms with Crippen LogP contribution < -0.4 is 5.32 Å². The first-order valence-corrected chi connectivity index (χ1v) is 6.88. The summed E-state index contributed by atoms with van der Waals surface area (Å²) in [7, 11) is 0. The molecule has 2 amide bonds. The zero-order valence-electron chi connectivity index (χ0n) is 11.6. The molecule has 0 saturated carbocycles. The van der Waals surface area contributed by atoms with Crippen molar-refractivity contribution in [3.8, 4) is 0 Å². The lowest BCUT2D eigenvalue weighted by atomic mass is 9.99. The van der Waals surface area contributed by atoms with Gasteiger partial charge in [-0.15, -0.1) is 0 Å². The van der Waals surface area contributed by atoms with E-state index in [1.54, 1.807) is 11.8 Å². The quantitative estimate of drug-likeness (QED) is 0.884. The summed E-state index contributed by atoms with van der Waals surface area (Å²) in [5, 5.41) is 11.4. The van der Waals surface area contributed by atoms with Crippen molar-refractivity contribution in [3.05, 3.63) is 35.9 Å². The molecule has 5 heteroatoms. The van der Waals surface area contributed by atoms with E-state index < -0.39 is 5.97 Å². The van der Waals surface area contributed by atoms with E-state index in [2.05, 4.69) is 17.4 Å². The van der Waals surface area contributed by atoms with Crippen LogP contribution in [-0.2, 0) is 4.79 Å². The number of carboxylic acids is 1. The number of nitrogens with zero attached hydrogens (tertiary/aromatic N) is 1. The third kappa shape index (κ3) is 3.73. The number of rotatable bonds is 4. The van der Waals surface area contributed by atoms with Gasteiger partial charge in [-0.25, -0.2) is 4.79 Å². The molecule has 0 aliphatic carbocycles. The second-order valence-corrected chi connectivity index (χ2v) is 5.29. The average molecular weight is 276 g/mol. The van der Waals surface area contributed by atoms with Crippen LogP contribution in [0.3, 0.4) is 0 Å². The molecule has 1 aliphatic rings. The monoisotopic (exact) mass is 276 g/mol. The number of carboxylic acid groups (broad SMARTS) is 1.